The third-order valence-corrected chi connectivity index (χ3v) is 8.60. The Labute approximate surface area is 236 Å². The molecule has 1 saturated heterocycles. The molecular weight excluding hydrogens is 560 g/mol. The molecule has 0 amide bonds. The van der Waals surface area contributed by atoms with Crippen molar-refractivity contribution in [3.63, 3.8) is 0 Å². The zero-order valence-electron chi connectivity index (χ0n) is 22.0. The number of carboxylic acid groups (broad SMARTS) is 1. The molecule has 2 unspecified atom stereocenters. The smallest absolute Gasteiger partial charge is 0.417 e. The highest BCUT2D eigenvalue weighted by Gasteiger charge is 2.38. The first-order chi connectivity index (χ1) is 19.5. The lowest BCUT2D eigenvalue weighted by atomic mass is 9.95. The minimum atomic E-state index is -4.53. The largest absolute Gasteiger partial charge is 0.478 e. The first-order valence-corrected chi connectivity index (χ1v) is 14.0. The second-order valence-corrected chi connectivity index (χ2v) is 11.6. The van der Waals surface area contributed by atoms with Gasteiger partial charge >= 0.3 is 12.1 Å². The van der Waals surface area contributed by atoms with Gasteiger partial charge in [0, 0.05) is 47.8 Å². The van der Waals surface area contributed by atoms with Gasteiger partial charge in [-0.05, 0) is 44.4 Å². The van der Waals surface area contributed by atoms with Crippen molar-refractivity contribution >= 4 is 32.7 Å². The van der Waals surface area contributed by atoms with Crippen molar-refractivity contribution in [1.29, 1.82) is 0 Å². The SMILES string of the molecule is C=C1CC(NCc2c(-c3ccccc3C(F)(F)F)noc2C2CC2)CC(C)N1c1nc2c(F)cc(C(=O)O)cc2s1. The van der Waals surface area contributed by atoms with Gasteiger partial charge in [-0.3, -0.25) is 0 Å². The Balaban J connectivity index is 1.22. The van der Waals surface area contributed by atoms with Crippen LogP contribution in [-0.4, -0.2) is 33.3 Å². The molecule has 1 aliphatic carbocycles. The molecule has 2 atom stereocenters. The van der Waals surface area contributed by atoms with Crippen molar-refractivity contribution in [2.24, 2.45) is 0 Å². The van der Waals surface area contributed by atoms with Crippen LogP contribution in [0.4, 0.5) is 22.7 Å². The Kier molecular flexibility index (Phi) is 6.85. The molecule has 41 heavy (non-hydrogen) atoms. The summed E-state index contributed by atoms with van der Waals surface area (Å²) in [5.74, 6) is -1.12. The van der Waals surface area contributed by atoms with Gasteiger partial charge in [-0.25, -0.2) is 14.2 Å². The Morgan fingerprint density at radius 2 is 2.02 bits per heavy atom. The van der Waals surface area contributed by atoms with Crippen LogP contribution in [-0.2, 0) is 12.7 Å². The molecule has 2 aromatic heterocycles. The van der Waals surface area contributed by atoms with E-state index in [2.05, 4.69) is 22.0 Å². The Morgan fingerprint density at radius 1 is 1.27 bits per heavy atom. The van der Waals surface area contributed by atoms with Gasteiger partial charge in [-0.15, -0.1) is 0 Å². The molecule has 214 valence electrons. The summed E-state index contributed by atoms with van der Waals surface area (Å²) in [7, 11) is 0. The zero-order valence-corrected chi connectivity index (χ0v) is 22.8. The van der Waals surface area contributed by atoms with Crippen LogP contribution in [0.25, 0.3) is 21.5 Å². The van der Waals surface area contributed by atoms with E-state index in [4.69, 9.17) is 4.52 Å². The maximum Gasteiger partial charge on any atom is 0.417 e. The lowest BCUT2D eigenvalue weighted by Crippen LogP contribution is -2.45. The van der Waals surface area contributed by atoms with Crippen molar-refractivity contribution in [3.8, 4) is 11.3 Å². The van der Waals surface area contributed by atoms with E-state index in [1.165, 1.54) is 29.5 Å². The molecule has 0 bridgehead atoms. The van der Waals surface area contributed by atoms with Crippen LogP contribution in [0.5, 0.6) is 0 Å². The van der Waals surface area contributed by atoms with Gasteiger partial charge in [0.15, 0.2) is 10.9 Å². The Hall–Kier alpha value is -3.77. The van der Waals surface area contributed by atoms with Crippen LogP contribution in [0.2, 0.25) is 0 Å². The summed E-state index contributed by atoms with van der Waals surface area (Å²) in [6.07, 6.45) is -1.52. The number of aromatic nitrogens is 2. The van der Waals surface area contributed by atoms with Crippen LogP contribution in [0.1, 0.15) is 65.8 Å². The van der Waals surface area contributed by atoms with E-state index in [1.807, 2.05) is 11.8 Å². The molecule has 2 N–H and O–H groups in total. The van der Waals surface area contributed by atoms with E-state index >= 15 is 0 Å². The number of nitrogens with one attached hydrogen (secondary N) is 1. The van der Waals surface area contributed by atoms with E-state index < -0.39 is 23.5 Å². The number of alkyl halides is 3. The van der Waals surface area contributed by atoms with E-state index in [1.54, 1.807) is 6.07 Å². The van der Waals surface area contributed by atoms with Gasteiger partial charge < -0.3 is 19.8 Å². The highest BCUT2D eigenvalue weighted by Crippen LogP contribution is 2.46. The van der Waals surface area contributed by atoms with Gasteiger partial charge in [-0.2, -0.15) is 13.2 Å². The summed E-state index contributed by atoms with van der Waals surface area (Å²) in [6, 6.07) is 7.65. The molecule has 0 radical (unpaired) electrons. The average molecular weight is 587 g/mol. The number of fused-ring (bicyclic) bond motifs is 1. The highest BCUT2D eigenvalue weighted by molar-refractivity contribution is 7.22. The number of halogens is 4. The molecule has 2 fully saturated rings. The van der Waals surface area contributed by atoms with Crippen LogP contribution < -0.4 is 10.2 Å². The Morgan fingerprint density at radius 3 is 2.71 bits per heavy atom. The number of rotatable bonds is 7. The molecule has 4 aromatic rings. The van der Waals surface area contributed by atoms with Crippen molar-refractivity contribution < 1.29 is 32.0 Å². The fourth-order valence-corrected chi connectivity index (χ4v) is 6.70. The second-order valence-electron chi connectivity index (χ2n) is 10.6. The molecule has 7 nitrogen and oxygen atoms in total. The molecule has 2 aromatic carbocycles. The normalized spacial score (nSPS) is 19.7. The number of piperidine rings is 1. The third kappa shape index (κ3) is 5.21. The predicted molar refractivity (Wildman–Crippen MR) is 146 cm³/mol. The van der Waals surface area contributed by atoms with E-state index in [-0.39, 0.29) is 46.9 Å². The number of thiazole rings is 1. The van der Waals surface area contributed by atoms with Crippen molar-refractivity contribution in [2.75, 3.05) is 4.90 Å². The quantitative estimate of drug-likeness (QED) is 0.219. The number of hydrogen-bond acceptors (Lipinski definition) is 7. The third-order valence-electron chi connectivity index (χ3n) is 7.60. The molecule has 1 aliphatic heterocycles. The summed E-state index contributed by atoms with van der Waals surface area (Å²) < 4.78 is 62.0. The van der Waals surface area contributed by atoms with Crippen LogP contribution >= 0.6 is 11.3 Å². The minimum Gasteiger partial charge on any atom is -0.478 e. The number of carboxylic acids is 1. The standard InChI is InChI=1S/C29H26F4N4O3S/c1-14-9-18(10-15(2)37(14)28-35-25-22(30)11-17(27(38)39)12-23(25)41-28)34-13-20-24(36-40-26(20)16-7-8-16)19-5-3-4-6-21(19)29(31,32)33/h3-6,11-12,15-16,18,34H,1,7-10,13H2,2H3,(H,38,39). The van der Waals surface area contributed by atoms with Crippen molar-refractivity contribution in [2.45, 2.75) is 63.3 Å². The fourth-order valence-electron chi connectivity index (χ4n) is 5.53. The summed E-state index contributed by atoms with van der Waals surface area (Å²) in [5.41, 5.74) is 0.798. The summed E-state index contributed by atoms with van der Waals surface area (Å²) in [6.45, 7) is 6.50. The topological polar surface area (TPSA) is 91.5 Å². The van der Waals surface area contributed by atoms with Crippen LogP contribution in [0, 0.1) is 5.82 Å². The van der Waals surface area contributed by atoms with E-state index in [9.17, 15) is 27.5 Å². The number of hydrogen-bond donors (Lipinski definition) is 2. The molecule has 0 spiro atoms. The first-order valence-electron chi connectivity index (χ1n) is 13.2. The molecule has 12 heteroatoms. The molecular formula is C29H26F4N4O3S. The lowest BCUT2D eigenvalue weighted by Gasteiger charge is -2.39. The predicted octanol–water partition coefficient (Wildman–Crippen LogP) is 7.35. The van der Waals surface area contributed by atoms with Gasteiger partial charge in [0.25, 0.3) is 0 Å². The fraction of sp³-hybridized carbons (Fsp3) is 0.345. The molecule has 3 heterocycles. The molecule has 1 saturated carbocycles. The summed E-state index contributed by atoms with van der Waals surface area (Å²) in [5, 5.41) is 17.4. The molecule has 6 rings (SSSR count). The van der Waals surface area contributed by atoms with Crippen LogP contribution in [0.15, 0.2) is 53.2 Å². The van der Waals surface area contributed by atoms with Crippen LogP contribution in [0.3, 0.4) is 0 Å². The monoisotopic (exact) mass is 586 g/mol. The number of aromatic carboxylic acids is 1. The van der Waals surface area contributed by atoms with Gasteiger partial charge in [0.05, 0.1) is 15.8 Å². The lowest BCUT2D eigenvalue weighted by molar-refractivity contribution is -0.137. The Bertz CT molecular complexity index is 1660. The van der Waals surface area contributed by atoms with E-state index in [0.29, 0.717) is 34.0 Å². The number of nitrogens with zero attached hydrogens (tertiary/aromatic N) is 3. The van der Waals surface area contributed by atoms with Crippen molar-refractivity contribution in [3.05, 3.63) is 76.9 Å². The zero-order chi connectivity index (χ0) is 29.1. The highest BCUT2D eigenvalue weighted by atomic mass is 32.1. The second kappa shape index (κ2) is 10.3. The minimum absolute atomic E-state index is 0.00540. The van der Waals surface area contributed by atoms with Gasteiger partial charge in [-0.1, -0.05) is 41.3 Å². The van der Waals surface area contributed by atoms with E-state index in [0.717, 1.165) is 30.7 Å². The maximum atomic E-state index is 14.6. The molecule has 2 aliphatic rings. The first kappa shape index (κ1) is 27.4. The van der Waals surface area contributed by atoms with Crippen molar-refractivity contribution in [1.82, 2.24) is 15.5 Å². The van der Waals surface area contributed by atoms with Gasteiger partial charge in [0.1, 0.15) is 17.0 Å². The van der Waals surface area contributed by atoms with Gasteiger partial charge in [0.2, 0.25) is 0 Å². The summed E-state index contributed by atoms with van der Waals surface area (Å²) in [4.78, 5) is 17.7. The maximum absolute atomic E-state index is 14.6. The number of carbonyl (C=O) groups is 1. The summed E-state index contributed by atoms with van der Waals surface area (Å²) >= 11 is 1.20. The number of anilines is 1. The average Bonchev–Trinajstić information content (AvgIpc) is 3.52. The number of benzene rings is 2.